The quantitative estimate of drug-likeness (QED) is 0.873. The summed E-state index contributed by atoms with van der Waals surface area (Å²) in [6.07, 6.45) is 0. The predicted molar refractivity (Wildman–Crippen MR) is 83.9 cm³/mol. The number of hydrogen-bond donors (Lipinski definition) is 1. The van der Waals surface area contributed by atoms with Gasteiger partial charge in [-0.15, -0.1) is 0 Å². The van der Waals surface area contributed by atoms with Crippen molar-refractivity contribution in [2.45, 2.75) is 33.3 Å². The molecule has 0 saturated heterocycles. The van der Waals surface area contributed by atoms with E-state index >= 15 is 0 Å². The van der Waals surface area contributed by atoms with E-state index in [-0.39, 0.29) is 0 Å². The highest BCUT2D eigenvalue weighted by atomic mass is 16.5. The zero-order chi connectivity index (χ0) is 15.7. The fourth-order valence-corrected chi connectivity index (χ4v) is 2.36. The van der Waals surface area contributed by atoms with Crippen LogP contribution in [0.15, 0.2) is 42.5 Å². The molecule has 0 heterocycles. The second kappa shape index (κ2) is 5.49. The van der Waals surface area contributed by atoms with Crippen molar-refractivity contribution in [1.82, 2.24) is 0 Å². The maximum Gasteiger partial charge on any atom is 0.314 e. The topological polar surface area (TPSA) is 46.5 Å². The van der Waals surface area contributed by atoms with Crippen LogP contribution in [-0.2, 0) is 15.1 Å². The van der Waals surface area contributed by atoms with Crippen LogP contribution < -0.4 is 0 Å². The molecule has 0 aromatic heterocycles. The molecule has 21 heavy (non-hydrogen) atoms. The molecule has 0 fully saturated rings. The van der Waals surface area contributed by atoms with E-state index in [1.807, 2.05) is 42.5 Å². The maximum absolute atomic E-state index is 12.2. The minimum atomic E-state index is -1.32. The highest BCUT2D eigenvalue weighted by Crippen LogP contribution is 2.41. The van der Waals surface area contributed by atoms with Crippen LogP contribution >= 0.6 is 0 Å². The Morgan fingerprint density at radius 1 is 1.10 bits per heavy atom. The summed E-state index contributed by atoms with van der Waals surface area (Å²) in [5.41, 5.74) is -1.64. The first-order chi connectivity index (χ1) is 9.80. The monoisotopic (exact) mass is 286 g/mol. The Bertz CT molecular complexity index is 656. The van der Waals surface area contributed by atoms with Crippen LogP contribution in [0.1, 0.15) is 33.3 Å². The number of carbonyl (C=O) groups excluding carboxylic acids is 1. The van der Waals surface area contributed by atoms with Gasteiger partial charge in [0.05, 0.1) is 12.0 Å². The maximum atomic E-state index is 12.2. The van der Waals surface area contributed by atoms with Gasteiger partial charge in [-0.3, -0.25) is 4.79 Å². The average Bonchev–Trinajstić information content (AvgIpc) is 2.46. The minimum Gasteiger partial charge on any atom is -0.465 e. The van der Waals surface area contributed by atoms with Crippen LogP contribution in [0.4, 0.5) is 0 Å². The number of carbonyl (C=O) groups is 1. The Hall–Kier alpha value is -1.87. The van der Waals surface area contributed by atoms with Gasteiger partial charge in [0.15, 0.2) is 0 Å². The van der Waals surface area contributed by atoms with Gasteiger partial charge in [0.2, 0.25) is 0 Å². The molecule has 1 N–H and O–H groups in total. The van der Waals surface area contributed by atoms with Crippen LogP contribution in [0.2, 0.25) is 0 Å². The highest BCUT2D eigenvalue weighted by molar-refractivity contribution is 5.84. The summed E-state index contributed by atoms with van der Waals surface area (Å²) in [5, 5.41) is 13.1. The van der Waals surface area contributed by atoms with Crippen molar-refractivity contribution in [2.24, 2.45) is 5.41 Å². The smallest absolute Gasteiger partial charge is 0.314 e. The Kier molecular flexibility index (Phi) is 4.06. The van der Waals surface area contributed by atoms with E-state index in [0.717, 1.165) is 10.8 Å². The Morgan fingerprint density at radius 2 is 1.71 bits per heavy atom. The van der Waals surface area contributed by atoms with Crippen molar-refractivity contribution in [3.8, 4) is 0 Å². The number of aliphatic hydroxyl groups is 1. The first-order valence-electron chi connectivity index (χ1n) is 7.19. The van der Waals surface area contributed by atoms with Crippen molar-refractivity contribution in [3.05, 3.63) is 48.0 Å². The van der Waals surface area contributed by atoms with Gasteiger partial charge < -0.3 is 9.84 Å². The molecule has 0 amide bonds. The molecule has 0 bridgehead atoms. The fraction of sp³-hybridized carbons (Fsp3) is 0.389. The van der Waals surface area contributed by atoms with E-state index in [9.17, 15) is 9.90 Å². The molecule has 0 saturated carbocycles. The second-order valence-electron chi connectivity index (χ2n) is 5.98. The van der Waals surface area contributed by atoms with Gasteiger partial charge in [-0.05, 0) is 50.1 Å². The van der Waals surface area contributed by atoms with Crippen molar-refractivity contribution < 1.29 is 14.6 Å². The van der Waals surface area contributed by atoms with Crippen LogP contribution in [0, 0.1) is 5.41 Å². The Balaban J connectivity index is 2.47. The first-order valence-corrected chi connectivity index (χ1v) is 7.19. The zero-order valence-electron chi connectivity index (χ0n) is 13.0. The van der Waals surface area contributed by atoms with Crippen molar-refractivity contribution in [2.75, 3.05) is 6.61 Å². The molecule has 0 spiro atoms. The van der Waals surface area contributed by atoms with Crippen LogP contribution in [0.25, 0.3) is 10.8 Å². The summed E-state index contributed by atoms with van der Waals surface area (Å²) in [5.74, 6) is -0.400. The molecule has 0 aliphatic carbocycles. The van der Waals surface area contributed by atoms with Crippen LogP contribution in [0.3, 0.4) is 0 Å². The number of rotatable bonds is 4. The number of fused-ring (bicyclic) bond motifs is 1. The third-order valence-electron chi connectivity index (χ3n) is 4.31. The van der Waals surface area contributed by atoms with Gasteiger partial charge in [0.1, 0.15) is 5.60 Å². The predicted octanol–water partition coefficient (Wildman–Crippen LogP) is 3.64. The van der Waals surface area contributed by atoms with Gasteiger partial charge in [0, 0.05) is 0 Å². The lowest BCUT2D eigenvalue weighted by Gasteiger charge is -2.38. The molecule has 3 heteroatoms. The van der Waals surface area contributed by atoms with E-state index in [4.69, 9.17) is 4.74 Å². The highest BCUT2D eigenvalue weighted by Gasteiger charge is 2.47. The Morgan fingerprint density at radius 3 is 2.33 bits per heavy atom. The molecule has 112 valence electrons. The standard InChI is InChI=1S/C18H22O3/c1-5-21-16(19)17(2,3)18(4,20)15-11-10-13-8-6-7-9-14(13)12-15/h6-12,20H,5H2,1-4H3. The van der Waals surface area contributed by atoms with E-state index in [2.05, 4.69) is 0 Å². The average molecular weight is 286 g/mol. The summed E-state index contributed by atoms with van der Waals surface area (Å²) >= 11 is 0. The van der Waals surface area contributed by atoms with Gasteiger partial charge in [-0.25, -0.2) is 0 Å². The molecule has 0 aliphatic rings. The minimum absolute atomic E-state index is 0.302. The molecule has 3 nitrogen and oxygen atoms in total. The number of benzene rings is 2. The zero-order valence-corrected chi connectivity index (χ0v) is 13.0. The molecule has 2 rings (SSSR count). The largest absolute Gasteiger partial charge is 0.465 e. The summed E-state index contributed by atoms with van der Waals surface area (Å²) in [6, 6.07) is 13.7. The molecular weight excluding hydrogens is 264 g/mol. The second-order valence-corrected chi connectivity index (χ2v) is 5.98. The molecule has 2 aromatic rings. The molecule has 1 unspecified atom stereocenters. The van der Waals surface area contributed by atoms with Crippen LogP contribution in [0.5, 0.6) is 0 Å². The summed E-state index contributed by atoms with van der Waals surface area (Å²) in [7, 11) is 0. The van der Waals surface area contributed by atoms with E-state index in [1.165, 1.54) is 0 Å². The first kappa shape index (κ1) is 15.5. The molecule has 2 aromatic carbocycles. The fourth-order valence-electron chi connectivity index (χ4n) is 2.36. The van der Waals surface area contributed by atoms with Gasteiger partial charge >= 0.3 is 5.97 Å². The lowest BCUT2D eigenvalue weighted by molar-refractivity contribution is -0.170. The van der Waals surface area contributed by atoms with Gasteiger partial charge in [-0.2, -0.15) is 0 Å². The summed E-state index contributed by atoms with van der Waals surface area (Å²) in [4.78, 5) is 12.2. The summed E-state index contributed by atoms with van der Waals surface area (Å²) in [6.45, 7) is 7.14. The van der Waals surface area contributed by atoms with Gasteiger partial charge in [-0.1, -0.05) is 36.4 Å². The van der Waals surface area contributed by atoms with Crippen molar-refractivity contribution in [3.63, 3.8) is 0 Å². The lowest BCUT2D eigenvalue weighted by atomic mass is 9.71. The molecule has 0 radical (unpaired) electrons. The third-order valence-corrected chi connectivity index (χ3v) is 4.31. The lowest BCUT2D eigenvalue weighted by Crippen LogP contribution is -2.46. The molecular formula is C18H22O3. The van der Waals surface area contributed by atoms with E-state index in [0.29, 0.717) is 12.2 Å². The van der Waals surface area contributed by atoms with E-state index < -0.39 is 17.0 Å². The van der Waals surface area contributed by atoms with Crippen molar-refractivity contribution in [1.29, 1.82) is 0 Å². The van der Waals surface area contributed by atoms with Crippen molar-refractivity contribution >= 4 is 16.7 Å². The normalized spacial score (nSPS) is 14.7. The Labute approximate surface area is 125 Å². The summed E-state index contributed by atoms with van der Waals surface area (Å²) < 4.78 is 5.10. The number of esters is 1. The molecule has 1 atom stereocenters. The van der Waals surface area contributed by atoms with Gasteiger partial charge in [0.25, 0.3) is 0 Å². The molecule has 0 aliphatic heterocycles. The van der Waals surface area contributed by atoms with Crippen LogP contribution in [-0.4, -0.2) is 17.7 Å². The SMILES string of the molecule is CCOC(=O)C(C)(C)C(C)(O)c1ccc2ccccc2c1. The number of ether oxygens (including phenoxy) is 1. The van der Waals surface area contributed by atoms with E-state index in [1.54, 1.807) is 27.7 Å². The number of hydrogen-bond acceptors (Lipinski definition) is 3. The third kappa shape index (κ3) is 2.66.